The number of hydrogen-bond donors (Lipinski definition) is 1. The van der Waals surface area contributed by atoms with Gasteiger partial charge in [0.25, 0.3) is 0 Å². The summed E-state index contributed by atoms with van der Waals surface area (Å²) in [5.41, 5.74) is 0. The molecule has 0 radical (unpaired) electrons. The average molecular weight is 285 g/mol. The van der Waals surface area contributed by atoms with Gasteiger partial charge in [0, 0.05) is 22.1 Å². The average Bonchev–Trinajstić information content (AvgIpc) is 2.40. The van der Waals surface area contributed by atoms with Crippen LogP contribution in [-0.4, -0.2) is 27.3 Å². The van der Waals surface area contributed by atoms with E-state index >= 15 is 0 Å². The largest absolute Gasteiger partial charge is 0.313 e. The fourth-order valence-corrected chi connectivity index (χ4v) is 6.40. The first kappa shape index (κ1) is 15.5. The van der Waals surface area contributed by atoms with Crippen molar-refractivity contribution in [3.8, 4) is 0 Å². The van der Waals surface area contributed by atoms with Crippen molar-refractivity contribution in [2.24, 2.45) is 11.8 Å². The van der Waals surface area contributed by atoms with E-state index in [1.807, 2.05) is 0 Å². The molecule has 0 aliphatic heterocycles. The van der Waals surface area contributed by atoms with Gasteiger partial charge in [-0.05, 0) is 50.5 Å². The Balaban J connectivity index is 2.01. The van der Waals surface area contributed by atoms with Crippen molar-refractivity contribution in [1.82, 2.24) is 5.32 Å². The maximum absolute atomic E-state index is 13.0. The minimum Gasteiger partial charge on any atom is -0.313 e. The summed E-state index contributed by atoms with van der Waals surface area (Å²) in [5, 5.41) is 4.47. The normalized spacial score (nSPS) is 41.9. The lowest BCUT2D eigenvalue weighted by atomic mass is 9.87. The summed E-state index contributed by atoms with van der Waals surface area (Å²) >= 11 is 0. The van der Waals surface area contributed by atoms with Gasteiger partial charge in [0.15, 0.2) is 0 Å². The van der Waals surface area contributed by atoms with Crippen molar-refractivity contribution in [1.29, 1.82) is 0 Å². The van der Waals surface area contributed by atoms with E-state index in [0.717, 1.165) is 24.8 Å². The summed E-state index contributed by atoms with van der Waals surface area (Å²) in [6, 6.07) is 0.499. The van der Waals surface area contributed by atoms with Crippen LogP contribution in [0.3, 0.4) is 0 Å². The Bertz CT molecular complexity index is 307. The summed E-state index contributed by atoms with van der Waals surface area (Å²) in [6.45, 7) is 7.83. The zero-order chi connectivity index (χ0) is 13.8. The Morgan fingerprint density at radius 1 is 1.05 bits per heavy atom. The van der Waals surface area contributed by atoms with Gasteiger partial charge in [-0.25, -0.2) is 0 Å². The molecule has 0 aromatic heterocycles. The topological polar surface area (TPSA) is 29.1 Å². The third kappa shape index (κ3) is 4.04. The first-order valence-corrected chi connectivity index (χ1v) is 9.52. The minimum absolute atomic E-state index is 0.402. The van der Waals surface area contributed by atoms with Gasteiger partial charge in [0.2, 0.25) is 0 Å². The van der Waals surface area contributed by atoms with Crippen molar-refractivity contribution < 1.29 is 4.21 Å². The van der Waals surface area contributed by atoms with Gasteiger partial charge < -0.3 is 5.32 Å². The quantitative estimate of drug-likeness (QED) is 0.857. The molecule has 0 spiro atoms. The van der Waals surface area contributed by atoms with Crippen LogP contribution in [0.25, 0.3) is 0 Å². The van der Waals surface area contributed by atoms with Crippen molar-refractivity contribution in [3.63, 3.8) is 0 Å². The lowest BCUT2D eigenvalue weighted by Gasteiger charge is -2.38. The Hall–Kier alpha value is 0.110. The van der Waals surface area contributed by atoms with Crippen molar-refractivity contribution in [3.05, 3.63) is 0 Å². The molecule has 3 heteroatoms. The second-order valence-electron chi connectivity index (χ2n) is 6.84. The molecule has 6 atom stereocenters. The maximum Gasteiger partial charge on any atom is 0.0506 e. The van der Waals surface area contributed by atoms with E-state index in [0.29, 0.717) is 16.5 Å². The highest BCUT2D eigenvalue weighted by Gasteiger charge is 2.36. The highest BCUT2D eigenvalue weighted by Crippen LogP contribution is 2.34. The summed E-state index contributed by atoms with van der Waals surface area (Å²) in [7, 11) is -0.628. The van der Waals surface area contributed by atoms with Crippen LogP contribution in [-0.2, 0) is 10.8 Å². The fourth-order valence-electron chi connectivity index (χ4n) is 3.92. The van der Waals surface area contributed by atoms with Gasteiger partial charge in [-0.2, -0.15) is 0 Å². The van der Waals surface area contributed by atoms with Crippen molar-refractivity contribution in [2.75, 3.05) is 6.54 Å². The minimum atomic E-state index is -0.628. The summed E-state index contributed by atoms with van der Waals surface area (Å²) in [5.74, 6) is 1.53. The molecule has 1 N–H and O–H groups in total. The van der Waals surface area contributed by atoms with E-state index in [9.17, 15) is 4.21 Å². The van der Waals surface area contributed by atoms with Crippen LogP contribution >= 0.6 is 0 Å². The Kier molecular flexibility index (Phi) is 5.88. The molecule has 0 heterocycles. The van der Waals surface area contributed by atoms with Crippen LogP contribution in [0.5, 0.6) is 0 Å². The van der Waals surface area contributed by atoms with E-state index in [4.69, 9.17) is 0 Å². The first-order chi connectivity index (χ1) is 9.11. The zero-order valence-corrected chi connectivity index (χ0v) is 13.7. The van der Waals surface area contributed by atoms with E-state index in [1.54, 1.807) is 0 Å². The van der Waals surface area contributed by atoms with Crippen LogP contribution in [0.15, 0.2) is 0 Å². The van der Waals surface area contributed by atoms with Crippen LogP contribution < -0.4 is 5.32 Å². The second kappa shape index (κ2) is 7.21. The smallest absolute Gasteiger partial charge is 0.0506 e. The van der Waals surface area contributed by atoms with Crippen LogP contribution in [0, 0.1) is 11.8 Å². The lowest BCUT2D eigenvalue weighted by molar-refractivity contribution is 0.312. The van der Waals surface area contributed by atoms with Crippen molar-refractivity contribution in [2.45, 2.75) is 82.3 Å². The van der Waals surface area contributed by atoms with Gasteiger partial charge in [-0.3, -0.25) is 4.21 Å². The molecule has 0 saturated heterocycles. The molecule has 2 nitrogen and oxygen atoms in total. The van der Waals surface area contributed by atoms with Gasteiger partial charge in [-0.1, -0.05) is 33.6 Å². The molecule has 112 valence electrons. The van der Waals surface area contributed by atoms with E-state index in [2.05, 4.69) is 26.1 Å². The van der Waals surface area contributed by atoms with Crippen molar-refractivity contribution >= 4 is 10.8 Å². The predicted octanol–water partition coefficient (Wildman–Crippen LogP) is 3.48. The lowest BCUT2D eigenvalue weighted by Crippen LogP contribution is -2.48. The third-order valence-electron chi connectivity index (χ3n) is 5.04. The van der Waals surface area contributed by atoms with Gasteiger partial charge in [0.05, 0.1) is 5.25 Å². The van der Waals surface area contributed by atoms with Crippen LogP contribution in [0.1, 0.15) is 65.7 Å². The van der Waals surface area contributed by atoms with E-state index in [-0.39, 0.29) is 0 Å². The molecular weight excluding hydrogens is 254 g/mol. The molecule has 0 aromatic carbocycles. The Morgan fingerprint density at radius 2 is 1.79 bits per heavy atom. The molecule has 19 heavy (non-hydrogen) atoms. The zero-order valence-electron chi connectivity index (χ0n) is 12.9. The SMILES string of the molecule is CCNC1CCC(C)CC1S(=O)C1CCCC(C)C1. The molecule has 2 fully saturated rings. The van der Waals surface area contributed by atoms with Gasteiger partial charge in [-0.15, -0.1) is 0 Å². The molecule has 2 rings (SSSR count). The molecular formula is C16H31NOS. The molecule has 6 unspecified atom stereocenters. The monoisotopic (exact) mass is 285 g/mol. The predicted molar refractivity (Wildman–Crippen MR) is 83.8 cm³/mol. The number of nitrogens with one attached hydrogen (secondary N) is 1. The molecule has 2 aliphatic rings. The summed E-state index contributed by atoms with van der Waals surface area (Å²) in [6.07, 6.45) is 8.68. The number of rotatable bonds is 4. The first-order valence-electron chi connectivity index (χ1n) is 8.24. The van der Waals surface area contributed by atoms with Crippen LogP contribution in [0.2, 0.25) is 0 Å². The molecule has 2 saturated carbocycles. The highest BCUT2D eigenvalue weighted by atomic mass is 32.2. The highest BCUT2D eigenvalue weighted by molar-refractivity contribution is 7.86. The molecule has 0 aromatic rings. The summed E-state index contributed by atoms with van der Waals surface area (Å²) in [4.78, 5) is 0. The summed E-state index contributed by atoms with van der Waals surface area (Å²) < 4.78 is 13.0. The molecule has 0 amide bonds. The standard InChI is InChI=1S/C16H31NOS/c1-4-17-15-9-8-13(3)11-16(15)19(18)14-7-5-6-12(2)10-14/h12-17H,4-11H2,1-3H3. The molecule has 0 bridgehead atoms. The Labute approximate surface area is 121 Å². The van der Waals surface area contributed by atoms with Gasteiger partial charge >= 0.3 is 0 Å². The fraction of sp³-hybridized carbons (Fsp3) is 1.00. The van der Waals surface area contributed by atoms with Gasteiger partial charge in [0.1, 0.15) is 0 Å². The third-order valence-corrected chi connectivity index (χ3v) is 7.24. The maximum atomic E-state index is 13.0. The van der Waals surface area contributed by atoms with Crippen LogP contribution in [0.4, 0.5) is 0 Å². The van der Waals surface area contributed by atoms with E-state index in [1.165, 1.54) is 38.5 Å². The number of hydrogen-bond acceptors (Lipinski definition) is 2. The second-order valence-corrected chi connectivity index (χ2v) is 8.77. The Morgan fingerprint density at radius 3 is 2.47 bits per heavy atom. The van der Waals surface area contributed by atoms with E-state index < -0.39 is 10.8 Å². The molecule has 2 aliphatic carbocycles.